The number of rotatable bonds is 5. The predicted octanol–water partition coefficient (Wildman–Crippen LogP) is 3.56. The van der Waals surface area contributed by atoms with Gasteiger partial charge in [0.05, 0.1) is 0 Å². The summed E-state index contributed by atoms with van der Waals surface area (Å²) in [6, 6.07) is 9.79. The van der Waals surface area contributed by atoms with Crippen LogP contribution in [0.5, 0.6) is 0 Å². The van der Waals surface area contributed by atoms with E-state index >= 15 is 0 Å². The molecule has 1 aliphatic rings. The Bertz CT molecular complexity index is 375. The number of nitrogens with one attached hydrogen (secondary N) is 1. The summed E-state index contributed by atoms with van der Waals surface area (Å²) in [5.41, 5.74) is 2.87. The highest BCUT2D eigenvalue weighted by Gasteiger charge is 2.16. The topological polar surface area (TPSA) is 15.3 Å². The Hall–Kier alpha value is -0.860. The van der Waals surface area contributed by atoms with E-state index in [-0.39, 0.29) is 0 Å². The molecule has 0 amide bonds. The normalized spacial score (nSPS) is 21.3. The van der Waals surface area contributed by atoms with Crippen molar-refractivity contribution in [2.45, 2.75) is 58.7 Å². The van der Waals surface area contributed by atoms with Gasteiger partial charge in [0, 0.05) is 19.1 Å². The molecule has 1 aliphatic heterocycles. The molecule has 1 atom stereocenters. The van der Waals surface area contributed by atoms with Crippen LogP contribution in [0.2, 0.25) is 0 Å². The molecular formula is C17H28N2. The van der Waals surface area contributed by atoms with E-state index < -0.39 is 0 Å². The molecule has 19 heavy (non-hydrogen) atoms. The van der Waals surface area contributed by atoms with Gasteiger partial charge in [0.1, 0.15) is 0 Å². The highest BCUT2D eigenvalue weighted by Crippen LogP contribution is 2.19. The average Bonchev–Trinajstić information content (AvgIpc) is 2.62. The van der Waals surface area contributed by atoms with Crippen LogP contribution >= 0.6 is 0 Å². The fourth-order valence-electron chi connectivity index (χ4n) is 2.91. The highest BCUT2D eigenvalue weighted by molar-refractivity contribution is 5.23. The van der Waals surface area contributed by atoms with Gasteiger partial charge < -0.3 is 5.32 Å². The fraction of sp³-hybridized carbons (Fsp3) is 0.647. The first-order chi connectivity index (χ1) is 9.29. The van der Waals surface area contributed by atoms with Crippen LogP contribution in [-0.4, -0.2) is 24.0 Å². The largest absolute Gasteiger partial charge is 0.313 e. The van der Waals surface area contributed by atoms with Gasteiger partial charge in [-0.25, -0.2) is 0 Å². The summed E-state index contributed by atoms with van der Waals surface area (Å²) in [7, 11) is 0. The van der Waals surface area contributed by atoms with Crippen LogP contribution in [0, 0.1) is 0 Å². The fourth-order valence-corrected chi connectivity index (χ4v) is 2.91. The minimum Gasteiger partial charge on any atom is -0.313 e. The summed E-state index contributed by atoms with van der Waals surface area (Å²) in [5.74, 6) is 0. The van der Waals surface area contributed by atoms with Gasteiger partial charge in [-0.05, 0) is 44.0 Å². The van der Waals surface area contributed by atoms with Crippen molar-refractivity contribution < 1.29 is 0 Å². The molecule has 0 spiro atoms. The first-order valence-corrected chi connectivity index (χ1v) is 7.82. The second-order valence-corrected chi connectivity index (χ2v) is 5.77. The minimum absolute atomic E-state index is 0.736. The first kappa shape index (κ1) is 14.5. The Kier molecular flexibility index (Phi) is 5.87. The molecule has 0 radical (unpaired) electrons. The lowest BCUT2D eigenvalue weighted by Crippen LogP contribution is -2.32. The molecule has 1 aromatic carbocycles. The molecule has 1 heterocycles. The van der Waals surface area contributed by atoms with Crippen LogP contribution in [0.1, 0.15) is 50.7 Å². The third kappa shape index (κ3) is 4.63. The van der Waals surface area contributed by atoms with Gasteiger partial charge in [-0.2, -0.15) is 0 Å². The summed E-state index contributed by atoms with van der Waals surface area (Å²) in [6.45, 7) is 8.93. The Morgan fingerprint density at radius 1 is 1.21 bits per heavy atom. The van der Waals surface area contributed by atoms with E-state index in [1.54, 1.807) is 0 Å². The number of likely N-dealkylation sites (tertiary alicyclic amines) is 1. The third-order valence-electron chi connectivity index (χ3n) is 4.15. The SMILES string of the molecule is CCNCc1cccc(CN2CCCCCC2C)c1. The molecule has 0 aromatic heterocycles. The standard InChI is InChI=1S/C17H28N2/c1-3-18-13-16-9-7-10-17(12-16)14-19-11-6-4-5-8-15(19)2/h7,9-10,12,15,18H,3-6,8,11,13-14H2,1-2H3. The lowest BCUT2D eigenvalue weighted by molar-refractivity contribution is 0.205. The molecule has 2 heteroatoms. The Balaban J connectivity index is 1.97. The van der Waals surface area contributed by atoms with Crippen molar-refractivity contribution in [3.8, 4) is 0 Å². The summed E-state index contributed by atoms with van der Waals surface area (Å²) in [4.78, 5) is 2.65. The van der Waals surface area contributed by atoms with Crippen molar-refractivity contribution in [1.82, 2.24) is 10.2 Å². The molecular weight excluding hydrogens is 232 g/mol. The quantitative estimate of drug-likeness (QED) is 0.871. The third-order valence-corrected chi connectivity index (χ3v) is 4.15. The van der Waals surface area contributed by atoms with Crippen LogP contribution in [0.3, 0.4) is 0 Å². The Morgan fingerprint density at radius 3 is 2.89 bits per heavy atom. The molecule has 0 bridgehead atoms. The van der Waals surface area contributed by atoms with Crippen LogP contribution in [0.25, 0.3) is 0 Å². The molecule has 2 nitrogen and oxygen atoms in total. The zero-order chi connectivity index (χ0) is 13.5. The Labute approximate surface area is 118 Å². The first-order valence-electron chi connectivity index (χ1n) is 7.82. The van der Waals surface area contributed by atoms with Gasteiger partial charge in [-0.3, -0.25) is 4.90 Å². The minimum atomic E-state index is 0.736. The van der Waals surface area contributed by atoms with E-state index in [0.717, 1.165) is 25.7 Å². The van der Waals surface area contributed by atoms with Crippen molar-refractivity contribution in [2.75, 3.05) is 13.1 Å². The van der Waals surface area contributed by atoms with Crippen LogP contribution in [0.15, 0.2) is 24.3 Å². The maximum absolute atomic E-state index is 3.40. The van der Waals surface area contributed by atoms with E-state index in [2.05, 4.69) is 48.3 Å². The highest BCUT2D eigenvalue weighted by atomic mass is 15.1. The molecule has 106 valence electrons. The van der Waals surface area contributed by atoms with Crippen molar-refractivity contribution in [3.63, 3.8) is 0 Å². The summed E-state index contributed by atoms with van der Waals surface area (Å²) in [5, 5.41) is 3.40. The lowest BCUT2D eigenvalue weighted by Gasteiger charge is -2.27. The van der Waals surface area contributed by atoms with Gasteiger partial charge >= 0.3 is 0 Å². The van der Waals surface area contributed by atoms with E-state index in [4.69, 9.17) is 0 Å². The van der Waals surface area contributed by atoms with E-state index in [1.807, 2.05) is 0 Å². The van der Waals surface area contributed by atoms with Crippen molar-refractivity contribution in [2.24, 2.45) is 0 Å². The van der Waals surface area contributed by atoms with Gasteiger partial charge in [0.25, 0.3) is 0 Å². The number of hydrogen-bond donors (Lipinski definition) is 1. The zero-order valence-electron chi connectivity index (χ0n) is 12.5. The molecule has 2 rings (SSSR count). The van der Waals surface area contributed by atoms with Gasteiger partial charge in [0.2, 0.25) is 0 Å². The second kappa shape index (κ2) is 7.66. The van der Waals surface area contributed by atoms with Gasteiger partial charge in [-0.15, -0.1) is 0 Å². The summed E-state index contributed by atoms with van der Waals surface area (Å²) < 4.78 is 0. The summed E-state index contributed by atoms with van der Waals surface area (Å²) in [6.07, 6.45) is 5.53. The predicted molar refractivity (Wildman–Crippen MR) is 82.2 cm³/mol. The molecule has 1 saturated heterocycles. The summed E-state index contributed by atoms with van der Waals surface area (Å²) >= 11 is 0. The van der Waals surface area contributed by atoms with Crippen molar-refractivity contribution in [3.05, 3.63) is 35.4 Å². The van der Waals surface area contributed by atoms with Gasteiger partial charge in [-0.1, -0.05) is 44.0 Å². The maximum Gasteiger partial charge on any atom is 0.0236 e. The van der Waals surface area contributed by atoms with Crippen LogP contribution in [-0.2, 0) is 13.1 Å². The Morgan fingerprint density at radius 2 is 2.05 bits per heavy atom. The van der Waals surface area contributed by atoms with Gasteiger partial charge in [0.15, 0.2) is 0 Å². The molecule has 0 aliphatic carbocycles. The van der Waals surface area contributed by atoms with E-state index in [9.17, 15) is 0 Å². The average molecular weight is 260 g/mol. The molecule has 1 unspecified atom stereocenters. The number of benzene rings is 1. The maximum atomic E-state index is 3.40. The second-order valence-electron chi connectivity index (χ2n) is 5.77. The van der Waals surface area contributed by atoms with Crippen molar-refractivity contribution >= 4 is 0 Å². The monoisotopic (exact) mass is 260 g/mol. The van der Waals surface area contributed by atoms with Crippen molar-refractivity contribution in [1.29, 1.82) is 0 Å². The molecule has 1 fully saturated rings. The smallest absolute Gasteiger partial charge is 0.0236 e. The number of hydrogen-bond acceptors (Lipinski definition) is 2. The zero-order valence-corrected chi connectivity index (χ0v) is 12.5. The van der Waals surface area contributed by atoms with E-state index in [0.29, 0.717) is 0 Å². The van der Waals surface area contributed by atoms with E-state index in [1.165, 1.54) is 43.4 Å². The van der Waals surface area contributed by atoms with Crippen LogP contribution in [0.4, 0.5) is 0 Å². The molecule has 1 aromatic rings. The lowest BCUT2D eigenvalue weighted by atomic mass is 10.1. The molecule has 0 saturated carbocycles. The number of nitrogens with zero attached hydrogens (tertiary/aromatic N) is 1. The van der Waals surface area contributed by atoms with Crippen LogP contribution < -0.4 is 5.32 Å². The molecule has 1 N–H and O–H groups in total.